The molecule has 0 saturated carbocycles. The van der Waals surface area contributed by atoms with Crippen molar-refractivity contribution in [2.45, 2.75) is 110 Å². The van der Waals surface area contributed by atoms with Crippen molar-refractivity contribution in [2.75, 3.05) is 13.2 Å². The number of rotatable bonds is 6. The number of nitrogens with zero attached hydrogens (tertiary/aromatic N) is 2. The van der Waals surface area contributed by atoms with Crippen LogP contribution in [0, 0.1) is 29.6 Å². The van der Waals surface area contributed by atoms with Crippen LogP contribution < -0.4 is 0 Å². The van der Waals surface area contributed by atoms with Crippen molar-refractivity contribution in [3.8, 4) is 12.3 Å². The Labute approximate surface area is 204 Å². The van der Waals surface area contributed by atoms with E-state index in [1.54, 1.807) is 6.92 Å². The number of hydroxylamine groups is 4. The van der Waals surface area contributed by atoms with Crippen LogP contribution in [0.1, 0.15) is 88.0 Å². The first-order valence-corrected chi connectivity index (χ1v) is 12.0. The molecule has 192 valence electrons. The SMILES string of the molecule is C#CC(C)(COC(=O)C1CC(C)(C)N([O])C(C)(C)C1)COC(=O)C1CC(C)(C)N([O])C(C)(C)C1. The number of carbonyl (C=O) groups is 2. The van der Waals surface area contributed by atoms with Gasteiger partial charge in [-0.25, -0.2) is 0 Å². The highest BCUT2D eigenvalue weighted by atomic mass is 16.6. The van der Waals surface area contributed by atoms with Gasteiger partial charge in [0.05, 0.1) is 17.3 Å². The smallest absolute Gasteiger partial charge is 0.309 e. The zero-order valence-corrected chi connectivity index (χ0v) is 22.3. The van der Waals surface area contributed by atoms with Crippen molar-refractivity contribution in [2.24, 2.45) is 17.3 Å². The zero-order valence-electron chi connectivity index (χ0n) is 22.3. The number of terminal acetylenes is 1. The fourth-order valence-corrected chi connectivity index (χ4v) is 5.68. The van der Waals surface area contributed by atoms with Gasteiger partial charge in [-0.3, -0.25) is 9.59 Å². The molecule has 2 fully saturated rings. The van der Waals surface area contributed by atoms with Gasteiger partial charge >= 0.3 is 11.9 Å². The normalized spacial score (nSPS) is 25.4. The van der Waals surface area contributed by atoms with E-state index in [-0.39, 0.29) is 13.2 Å². The molecule has 8 nitrogen and oxygen atoms in total. The second kappa shape index (κ2) is 9.42. The molecule has 0 bridgehead atoms. The van der Waals surface area contributed by atoms with Gasteiger partial charge in [0.1, 0.15) is 13.2 Å². The summed E-state index contributed by atoms with van der Waals surface area (Å²) in [6.07, 6.45) is 7.29. The van der Waals surface area contributed by atoms with E-state index in [0.29, 0.717) is 25.7 Å². The van der Waals surface area contributed by atoms with Gasteiger partial charge in [-0.05, 0) is 88.0 Å². The Morgan fingerprint density at radius 2 is 1.03 bits per heavy atom. The van der Waals surface area contributed by atoms with Gasteiger partial charge in [0, 0.05) is 22.2 Å². The first-order chi connectivity index (χ1) is 15.3. The molecule has 0 N–H and O–H groups in total. The van der Waals surface area contributed by atoms with Crippen LogP contribution in [0.25, 0.3) is 0 Å². The number of carbonyl (C=O) groups excluding carboxylic acids is 2. The lowest BCUT2D eigenvalue weighted by molar-refractivity contribution is -0.294. The maximum absolute atomic E-state index is 12.8. The van der Waals surface area contributed by atoms with Crippen LogP contribution in [0.5, 0.6) is 0 Å². The monoisotopic (exact) mass is 478 g/mol. The van der Waals surface area contributed by atoms with Crippen LogP contribution in [0.15, 0.2) is 0 Å². The molecule has 8 heteroatoms. The van der Waals surface area contributed by atoms with E-state index in [0.717, 1.165) is 10.1 Å². The standard InChI is InChI=1S/C26H42N2O6/c1-11-26(10,16-33-20(29)18-12-22(2,3)27(31)23(4,5)13-18)17-34-21(30)19-14-24(6,7)28(32)25(8,9)15-19/h1,18-19H,12-17H2,2-10H3. The lowest BCUT2D eigenvalue weighted by Crippen LogP contribution is -2.59. The number of esters is 2. The molecule has 2 aliphatic rings. The zero-order chi connectivity index (χ0) is 26.3. The van der Waals surface area contributed by atoms with Crippen molar-refractivity contribution in [1.29, 1.82) is 0 Å². The summed E-state index contributed by atoms with van der Waals surface area (Å²) in [7, 11) is 0. The van der Waals surface area contributed by atoms with E-state index in [4.69, 9.17) is 15.9 Å². The summed E-state index contributed by atoms with van der Waals surface area (Å²) in [5.74, 6) is 0.983. The van der Waals surface area contributed by atoms with E-state index in [1.165, 1.54) is 0 Å². The minimum atomic E-state index is -0.986. The van der Waals surface area contributed by atoms with Gasteiger partial charge in [-0.2, -0.15) is 0 Å². The molecule has 2 heterocycles. The first kappa shape index (κ1) is 28.6. The van der Waals surface area contributed by atoms with E-state index < -0.39 is 51.3 Å². The Hall–Kier alpha value is -1.66. The average molecular weight is 479 g/mol. The molecule has 2 rings (SSSR count). The third-order valence-electron chi connectivity index (χ3n) is 7.26. The van der Waals surface area contributed by atoms with Crippen LogP contribution in [0.4, 0.5) is 0 Å². The number of piperidine rings is 2. The Balaban J connectivity index is 1.97. The predicted molar refractivity (Wildman–Crippen MR) is 126 cm³/mol. The van der Waals surface area contributed by atoms with Crippen LogP contribution in [0.2, 0.25) is 0 Å². The Bertz CT molecular complexity index is 732. The lowest BCUT2D eigenvalue weighted by atomic mass is 9.75. The number of hydrogen-bond acceptors (Lipinski definition) is 6. The quantitative estimate of drug-likeness (QED) is 0.424. The highest BCUT2D eigenvalue weighted by Crippen LogP contribution is 2.42. The van der Waals surface area contributed by atoms with Crippen molar-refractivity contribution >= 4 is 11.9 Å². The lowest BCUT2D eigenvalue weighted by Gasteiger charge is -2.49. The summed E-state index contributed by atoms with van der Waals surface area (Å²) >= 11 is 0. The second-order valence-electron chi connectivity index (χ2n) is 13.0. The van der Waals surface area contributed by atoms with Gasteiger partial charge < -0.3 is 9.47 Å². The van der Waals surface area contributed by atoms with Gasteiger partial charge in [0.15, 0.2) is 0 Å². The van der Waals surface area contributed by atoms with Crippen molar-refractivity contribution in [3.05, 3.63) is 0 Å². The average Bonchev–Trinajstić information content (AvgIpc) is 2.71. The molecule has 2 aliphatic heterocycles. The minimum absolute atomic E-state index is 0.0932. The topological polar surface area (TPSA) is 98.9 Å². The second-order valence-corrected chi connectivity index (χ2v) is 13.0. The Morgan fingerprint density at radius 1 is 0.765 bits per heavy atom. The summed E-state index contributed by atoms with van der Waals surface area (Å²) in [5, 5.41) is 27.2. The van der Waals surface area contributed by atoms with Crippen LogP contribution in [0.3, 0.4) is 0 Å². The van der Waals surface area contributed by atoms with Gasteiger partial charge in [-0.15, -0.1) is 27.0 Å². The molecule has 0 amide bonds. The van der Waals surface area contributed by atoms with Crippen LogP contribution in [-0.2, 0) is 29.5 Å². The molecule has 0 spiro atoms. The molecule has 2 radical (unpaired) electrons. The number of hydrogen-bond donors (Lipinski definition) is 0. The Morgan fingerprint density at radius 3 is 1.26 bits per heavy atom. The Kier molecular flexibility index (Phi) is 7.92. The molecular formula is C26H42N2O6. The van der Waals surface area contributed by atoms with E-state index >= 15 is 0 Å². The third-order valence-corrected chi connectivity index (χ3v) is 7.26. The number of ether oxygens (including phenoxy) is 2. The van der Waals surface area contributed by atoms with E-state index in [1.807, 2.05) is 55.4 Å². The molecule has 0 atom stereocenters. The highest BCUT2D eigenvalue weighted by molar-refractivity contribution is 5.73. The van der Waals surface area contributed by atoms with Crippen LogP contribution >= 0.6 is 0 Å². The molecule has 2 saturated heterocycles. The fourth-order valence-electron chi connectivity index (χ4n) is 5.68. The maximum Gasteiger partial charge on any atom is 0.309 e. The van der Waals surface area contributed by atoms with Crippen LogP contribution in [-0.4, -0.2) is 57.4 Å². The van der Waals surface area contributed by atoms with E-state index in [9.17, 15) is 20.0 Å². The maximum atomic E-state index is 12.8. The largest absolute Gasteiger partial charge is 0.464 e. The molecule has 0 aromatic rings. The minimum Gasteiger partial charge on any atom is -0.464 e. The summed E-state index contributed by atoms with van der Waals surface area (Å²) in [4.78, 5) is 25.7. The van der Waals surface area contributed by atoms with Gasteiger partial charge in [-0.1, -0.05) is 5.92 Å². The summed E-state index contributed by atoms with van der Waals surface area (Å²) in [6, 6.07) is 0. The molecule has 0 aliphatic carbocycles. The fraction of sp³-hybridized carbons (Fsp3) is 0.846. The molecule has 0 aromatic heterocycles. The van der Waals surface area contributed by atoms with Crippen molar-refractivity contribution in [3.63, 3.8) is 0 Å². The molecular weight excluding hydrogens is 436 g/mol. The predicted octanol–water partition coefficient (Wildman–Crippen LogP) is 3.94. The molecule has 0 aromatic carbocycles. The van der Waals surface area contributed by atoms with Crippen molar-refractivity contribution < 1.29 is 29.5 Å². The van der Waals surface area contributed by atoms with Gasteiger partial charge in [0.2, 0.25) is 0 Å². The van der Waals surface area contributed by atoms with Gasteiger partial charge in [0.25, 0.3) is 0 Å². The molecule has 0 unspecified atom stereocenters. The summed E-state index contributed by atoms with van der Waals surface area (Å²) in [6.45, 7) is 16.1. The third kappa shape index (κ3) is 6.12. The summed E-state index contributed by atoms with van der Waals surface area (Å²) in [5.41, 5.74) is -3.72. The summed E-state index contributed by atoms with van der Waals surface area (Å²) < 4.78 is 11.2. The van der Waals surface area contributed by atoms with Crippen molar-refractivity contribution in [1.82, 2.24) is 10.1 Å². The van der Waals surface area contributed by atoms with E-state index in [2.05, 4.69) is 5.92 Å². The first-order valence-electron chi connectivity index (χ1n) is 12.0. The highest BCUT2D eigenvalue weighted by Gasteiger charge is 2.50. The molecule has 34 heavy (non-hydrogen) atoms.